The van der Waals surface area contributed by atoms with Crippen molar-refractivity contribution >= 4 is 11.9 Å². The normalized spacial score (nSPS) is 26.1. The molecule has 0 saturated carbocycles. The lowest BCUT2D eigenvalue weighted by atomic mass is 9.79. The van der Waals surface area contributed by atoms with Crippen molar-refractivity contribution in [2.24, 2.45) is 17.3 Å². The summed E-state index contributed by atoms with van der Waals surface area (Å²) >= 11 is 0. The second-order valence-electron chi connectivity index (χ2n) is 6.97. The molecule has 0 aliphatic carbocycles. The molecule has 110 valence electrons. The second kappa shape index (κ2) is 5.93. The van der Waals surface area contributed by atoms with Crippen LogP contribution in [0.25, 0.3) is 0 Å². The summed E-state index contributed by atoms with van der Waals surface area (Å²) in [6.07, 6.45) is 1.70. The molecule has 1 aliphatic heterocycles. The van der Waals surface area contributed by atoms with Crippen molar-refractivity contribution < 1.29 is 14.7 Å². The topological polar surface area (TPSA) is 57.6 Å². The third-order valence-corrected chi connectivity index (χ3v) is 4.50. The number of carbonyl (C=O) groups excluding carboxylic acids is 1. The molecule has 3 atom stereocenters. The highest BCUT2D eigenvalue weighted by molar-refractivity contribution is 5.77. The first-order chi connectivity index (χ1) is 8.62. The number of nitrogens with zero attached hydrogens (tertiary/aromatic N) is 1. The van der Waals surface area contributed by atoms with E-state index in [0.29, 0.717) is 31.7 Å². The number of carboxylic acid groups (broad SMARTS) is 1. The Morgan fingerprint density at radius 2 is 1.95 bits per heavy atom. The summed E-state index contributed by atoms with van der Waals surface area (Å²) in [7, 11) is 0. The van der Waals surface area contributed by atoms with E-state index in [1.807, 2.05) is 11.8 Å². The van der Waals surface area contributed by atoms with Crippen LogP contribution in [0.4, 0.5) is 0 Å². The van der Waals surface area contributed by atoms with Gasteiger partial charge in [0.1, 0.15) is 0 Å². The van der Waals surface area contributed by atoms with Gasteiger partial charge in [0.05, 0.1) is 5.92 Å². The van der Waals surface area contributed by atoms with Crippen LogP contribution >= 0.6 is 0 Å². The van der Waals surface area contributed by atoms with Gasteiger partial charge in [-0.05, 0) is 31.1 Å². The number of rotatable bonds is 3. The van der Waals surface area contributed by atoms with Crippen LogP contribution in [0.5, 0.6) is 0 Å². The predicted octanol–water partition coefficient (Wildman–Crippen LogP) is 2.77. The van der Waals surface area contributed by atoms with Crippen molar-refractivity contribution in [1.82, 2.24) is 4.90 Å². The molecule has 0 bridgehead atoms. The molecule has 3 unspecified atom stereocenters. The van der Waals surface area contributed by atoms with Gasteiger partial charge in [0.2, 0.25) is 5.91 Å². The minimum Gasteiger partial charge on any atom is -0.481 e. The summed E-state index contributed by atoms with van der Waals surface area (Å²) < 4.78 is 0. The van der Waals surface area contributed by atoms with E-state index < -0.39 is 5.97 Å². The predicted molar refractivity (Wildman–Crippen MR) is 74.8 cm³/mol. The quantitative estimate of drug-likeness (QED) is 0.857. The SMILES string of the molecule is CC1CC(C(=O)O)CCN1C(=O)CC(C)C(C)(C)C. The van der Waals surface area contributed by atoms with Crippen molar-refractivity contribution in [1.29, 1.82) is 0 Å². The molecule has 1 amide bonds. The molecular formula is C15H27NO3. The van der Waals surface area contributed by atoms with Crippen LogP contribution in [0.2, 0.25) is 0 Å². The molecule has 0 radical (unpaired) electrons. The van der Waals surface area contributed by atoms with Gasteiger partial charge in [-0.1, -0.05) is 27.7 Å². The van der Waals surface area contributed by atoms with E-state index in [1.165, 1.54) is 0 Å². The van der Waals surface area contributed by atoms with Crippen molar-refractivity contribution in [2.45, 2.75) is 59.9 Å². The Bertz CT molecular complexity index is 346. The molecule has 4 nitrogen and oxygen atoms in total. The van der Waals surface area contributed by atoms with Crippen LogP contribution in [-0.4, -0.2) is 34.5 Å². The van der Waals surface area contributed by atoms with E-state index in [2.05, 4.69) is 27.7 Å². The van der Waals surface area contributed by atoms with E-state index in [4.69, 9.17) is 5.11 Å². The zero-order chi connectivity index (χ0) is 14.8. The van der Waals surface area contributed by atoms with E-state index in [-0.39, 0.29) is 23.3 Å². The first kappa shape index (κ1) is 16.0. The minimum absolute atomic E-state index is 0.0366. The highest BCUT2D eigenvalue weighted by Crippen LogP contribution is 2.30. The lowest BCUT2D eigenvalue weighted by Crippen LogP contribution is -2.46. The van der Waals surface area contributed by atoms with Crippen LogP contribution in [0.15, 0.2) is 0 Å². The molecule has 0 aromatic heterocycles. The molecule has 0 aromatic carbocycles. The second-order valence-corrected chi connectivity index (χ2v) is 6.97. The summed E-state index contributed by atoms with van der Waals surface area (Å²) in [6, 6.07) is 0.0366. The molecule has 19 heavy (non-hydrogen) atoms. The third-order valence-electron chi connectivity index (χ3n) is 4.50. The third kappa shape index (κ3) is 4.22. The number of carboxylic acids is 1. The average Bonchev–Trinajstić information content (AvgIpc) is 2.26. The molecule has 1 fully saturated rings. The Balaban J connectivity index is 2.57. The zero-order valence-electron chi connectivity index (χ0n) is 12.8. The Labute approximate surface area is 116 Å². The molecule has 0 spiro atoms. The van der Waals surface area contributed by atoms with E-state index >= 15 is 0 Å². The smallest absolute Gasteiger partial charge is 0.306 e. The van der Waals surface area contributed by atoms with Gasteiger partial charge in [-0.15, -0.1) is 0 Å². The zero-order valence-corrected chi connectivity index (χ0v) is 12.8. The van der Waals surface area contributed by atoms with Gasteiger partial charge in [0.25, 0.3) is 0 Å². The first-order valence-corrected chi connectivity index (χ1v) is 7.15. The van der Waals surface area contributed by atoms with E-state index in [0.717, 1.165) is 0 Å². The van der Waals surface area contributed by atoms with Gasteiger partial charge in [-0.3, -0.25) is 9.59 Å². The number of amides is 1. The highest BCUT2D eigenvalue weighted by atomic mass is 16.4. The van der Waals surface area contributed by atoms with Gasteiger partial charge in [0, 0.05) is 19.0 Å². The van der Waals surface area contributed by atoms with Gasteiger partial charge in [-0.25, -0.2) is 0 Å². The number of hydrogen-bond donors (Lipinski definition) is 1. The average molecular weight is 269 g/mol. The van der Waals surface area contributed by atoms with E-state index in [9.17, 15) is 9.59 Å². The standard InChI is InChI=1S/C15H27NO3/c1-10(15(3,4)5)8-13(17)16-7-6-12(14(18)19)9-11(16)2/h10-12H,6-9H2,1-5H3,(H,18,19). The van der Waals surface area contributed by atoms with Crippen molar-refractivity contribution in [3.63, 3.8) is 0 Å². The monoisotopic (exact) mass is 269 g/mol. The Kier molecular flexibility index (Phi) is 4.99. The molecule has 1 rings (SSSR count). The van der Waals surface area contributed by atoms with Gasteiger partial charge < -0.3 is 10.0 Å². The van der Waals surface area contributed by atoms with Crippen LogP contribution in [-0.2, 0) is 9.59 Å². The number of likely N-dealkylation sites (tertiary alicyclic amines) is 1. The van der Waals surface area contributed by atoms with Crippen LogP contribution in [0.3, 0.4) is 0 Å². The van der Waals surface area contributed by atoms with Gasteiger partial charge in [-0.2, -0.15) is 0 Å². The molecule has 0 aromatic rings. The fourth-order valence-electron chi connectivity index (χ4n) is 2.45. The van der Waals surface area contributed by atoms with Gasteiger partial charge >= 0.3 is 5.97 Å². The maximum Gasteiger partial charge on any atom is 0.306 e. The molecular weight excluding hydrogens is 242 g/mol. The maximum absolute atomic E-state index is 12.3. The Morgan fingerprint density at radius 1 is 1.37 bits per heavy atom. The van der Waals surface area contributed by atoms with E-state index in [1.54, 1.807) is 0 Å². The fraction of sp³-hybridized carbons (Fsp3) is 0.867. The Morgan fingerprint density at radius 3 is 2.37 bits per heavy atom. The summed E-state index contributed by atoms with van der Waals surface area (Å²) in [5.41, 5.74) is 0.123. The summed E-state index contributed by atoms with van der Waals surface area (Å²) in [5, 5.41) is 9.03. The number of hydrogen-bond acceptors (Lipinski definition) is 2. The van der Waals surface area contributed by atoms with Crippen LogP contribution < -0.4 is 0 Å². The molecule has 1 saturated heterocycles. The largest absolute Gasteiger partial charge is 0.481 e. The minimum atomic E-state index is -0.734. The molecule has 1 N–H and O–H groups in total. The number of aliphatic carboxylic acids is 1. The summed E-state index contributed by atoms with van der Waals surface area (Å²) in [4.78, 5) is 25.2. The van der Waals surface area contributed by atoms with Crippen LogP contribution in [0.1, 0.15) is 53.9 Å². The van der Waals surface area contributed by atoms with Crippen LogP contribution in [0, 0.1) is 17.3 Å². The first-order valence-electron chi connectivity index (χ1n) is 7.15. The van der Waals surface area contributed by atoms with Crippen molar-refractivity contribution in [3.05, 3.63) is 0 Å². The van der Waals surface area contributed by atoms with Gasteiger partial charge in [0.15, 0.2) is 0 Å². The molecule has 4 heteroatoms. The summed E-state index contributed by atoms with van der Waals surface area (Å²) in [5.74, 6) is -0.538. The molecule has 1 aliphatic rings. The summed E-state index contributed by atoms with van der Waals surface area (Å²) in [6.45, 7) is 11.1. The number of carbonyl (C=O) groups is 2. The highest BCUT2D eigenvalue weighted by Gasteiger charge is 2.33. The lowest BCUT2D eigenvalue weighted by molar-refractivity contribution is -0.148. The number of piperidine rings is 1. The molecule has 1 heterocycles. The fourth-order valence-corrected chi connectivity index (χ4v) is 2.45. The maximum atomic E-state index is 12.3. The van der Waals surface area contributed by atoms with Crippen molar-refractivity contribution in [3.8, 4) is 0 Å². The Hall–Kier alpha value is -1.06. The van der Waals surface area contributed by atoms with Crippen molar-refractivity contribution in [2.75, 3.05) is 6.54 Å². The lowest BCUT2D eigenvalue weighted by Gasteiger charge is -2.38.